The molecule has 1 rings (SSSR count). The highest BCUT2D eigenvalue weighted by molar-refractivity contribution is 4.65. The molecule has 0 aliphatic carbocycles. The number of unbranched alkanes of at least 4 members (excludes halogenated alkanes) is 10. The molecule has 0 aromatic carbocycles. The molecular weight excluding hydrogens is 312 g/mol. The lowest BCUT2D eigenvalue weighted by Gasteiger charge is -2.02. The van der Waals surface area contributed by atoms with Crippen molar-refractivity contribution in [2.75, 3.05) is 0 Å². The van der Waals surface area contributed by atoms with E-state index < -0.39 is 0 Å². The zero-order valence-corrected chi connectivity index (χ0v) is 15.1. The lowest BCUT2D eigenvalue weighted by molar-refractivity contribution is -0.671. The van der Waals surface area contributed by atoms with E-state index >= 15 is 0 Å². The average molecular weight is 345 g/mol. The SMILES string of the molecule is CCCCCCCCCCCCCn1cc[n+](C)c1.[Br-]. The third-order valence-corrected chi connectivity index (χ3v) is 3.84. The Labute approximate surface area is 136 Å². The molecule has 0 amide bonds. The maximum absolute atomic E-state index is 2.29. The lowest BCUT2D eigenvalue weighted by Crippen LogP contribution is -3.00. The molecule has 0 fully saturated rings. The number of hydrogen-bond donors (Lipinski definition) is 0. The van der Waals surface area contributed by atoms with E-state index in [-0.39, 0.29) is 17.0 Å². The molecule has 0 saturated heterocycles. The molecule has 0 bridgehead atoms. The van der Waals surface area contributed by atoms with E-state index in [1.807, 2.05) is 0 Å². The van der Waals surface area contributed by atoms with Crippen LogP contribution in [0, 0.1) is 0 Å². The summed E-state index contributed by atoms with van der Waals surface area (Å²) < 4.78 is 4.40. The molecule has 1 aromatic heterocycles. The fourth-order valence-electron chi connectivity index (χ4n) is 2.59. The molecule has 0 spiro atoms. The van der Waals surface area contributed by atoms with Gasteiger partial charge in [-0.25, -0.2) is 9.13 Å². The first kappa shape index (κ1) is 19.7. The molecule has 0 aliphatic rings. The topological polar surface area (TPSA) is 8.81 Å². The van der Waals surface area contributed by atoms with Crippen LogP contribution in [0.3, 0.4) is 0 Å². The van der Waals surface area contributed by atoms with Gasteiger partial charge in [-0.05, 0) is 12.8 Å². The summed E-state index contributed by atoms with van der Waals surface area (Å²) in [5.41, 5.74) is 0. The Balaban J connectivity index is 0.00000361. The molecule has 3 heteroatoms. The van der Waals surface area contributed by atoms with Crippen LogP contribution < -0.4 is 21.5 Å². The van der Waals surface area contributed by atoms with Crippen LogP contribution in [0.4, 0.5) is 0 Å². The summed E-state index contributed by atoms with van der Waals surface area (Å²) in [6, 6.07) is 0. The summed E-state index contributed by atoms with van der Waals surface area (Å²) in [6.07, 6.45) is 22.1. The average Bonchev–Trinajstić information content (AvgIpc) is 2.82. The minimum Gasteiger partial charge on any atom is -1.00 e. The van der Waals surface area contributed by atoms with E-state index in [1.165, 1.54) is 77.2 Å². The zero-order valence-electron chi connectivity index (χ0n) is 13.5. The van der Waals surface area contributed by atoms with E-state index in [4.69, 9.17) is 0 Å². The molecule has 0 N–H and O–H groups in total. The summed E-state index contributed by atoms with van der Waals surface area (Å²) in [5, 5.41) is 0. The van der Waals surface area contributed by atoms with Crippen molar-refractivity contribution in [2.24, 2.45) is 7.05 Å². The number of aromatic nitrogens is 2. The molecule has 0 saturated carbocycles. The van der Waals surface area contributed by atoms with E-state index in [9.17, 15) is 0 Å². The fourth-order valence-corrected chi connectivity index (χ4v) is 2.59. The van der Waals surface area contributed by atoms with Gasteiger partial charge in [-0.2, -0.15) is 0 Å². The summed E-state index contributed by atoms with van der Waals surface area (Å²) in [6.45, 7) is 3.46. The van der Waals surface area contributed by atoms with Crippen molar-refractivity contribution in [1.29, 1.82) is 0 Å². The molecule has 0 aliphatic heterocycles. The van der Waals surface area contributed by atoms with Gasteiger partial charge in [-0.1, -0.05) is 64.7 Å². The number of hydrogen-bond acceptors (Lipinski definition) is 0. The van der Waals surface area contributed by atoms with E-state index in [0.717, 1.165) is 0 Å². The summed E-state index contributed by atoms with van der Waals surface area (Å²) in [4.78, 5) is 0. The molecule has 1 heterocycles. The minimum atomic E-state index is 0. The van der Waals surface area contributed by atoms with Crippen LogP contribution in [0.25, 0.3) is 0 Å². The van der Waals surface area contributed by atoms with Crippen molar-refractivity contribution in [2.45, 2.75) is 84.1 Å². The highest BCUT2D eigenvalue weighted by Crippen LogP contribution is 2.11. The molecule has 0 unspecified atom stereocenters. The zero-order chi connectivity index (χ0) is 13.8. The van der Waals surface area contributed by atoms with Crippen LogP contribution in [0.15, 0.2) is 18.7 Å². The minimum absolute atomic E-state index is 0. The van der Waals surface area contributed by atoms with Crippen LogP contribution in [-0.2, 0) is 13.6 Å². The predicted molar refractivity (Wildman–Crippen MR) is 82.1 cm³/mol. The van der Waals surface area contributed by atoms with E-state index in [0.29, 0.717) is 0 Å². The van der Waals surface area contributed by atoms with Gasteiger partial charge in [-0.15, -0.1) is 0 Å². The van der Waals surface area contributed by atoms with Crippen molar-refractivity contribution in [3.8, 4) is 0 Å². The lowest BCUT2D eigenvalue weighted by atomic mass is 10.1. The summed E-state index contributed by atoms with van der Waals surface area (Å²) in [7, 11) is 2.08. The molecule has 0 atom stereocenters. The van der Waals surface area contributed by atoms with Gasteiger partial charge in [-0.3, -0.25) is 0 Å². The number of nitrogens with zero attached hydrogens (tertiary/aromatic N) is 2. The van der Waals surface area contributed by atoms with Gasteiger partial charge in [0.15, 0.2) is 0 Å². The number of imidazole rings is 1. The Kier molecular flexibility index (Phi) is 13.5. The van der Waals surface area contributed by atoms with Crippen molar-refractivity contribution in [3.05, 3.63) is 18.7 Å². The van der Waals surface area contributed by atoms with Crippen molar-refractivity contribution < 1.29 is 21.5 Å². The largest absolute Gasteiger partial charge is 1.00 e. The van der Waals surface area contributed by atoms with Gasteiger partial charge in [0, 0.05) is 0 Å². The molecule has 1 aromatic rings. The molecule has 0 radical (unpaired) electrons. The van der Waals surface area contributed by atoms with Crippen LogP contribution >= 0.6 is 0 Å². The number of rotatable bonds is 12. The molecular formula is C17H33BrN2. The summed E-state index contributed by atoms with van der Waals surface area (Å²) in [5.74, 6) is 0. The first-order valence-electron chi connectivity index (χ1n) is 8.34. The Morgan fingerprint density at radius 1 is 0.800 bits per heavy atom. The summed E-state index contributed by atoms with van der Waals surface area (Å²) >= 11 is 0. The predicted octanol–water partition coefficient (Wildman–Crippen LogP) is 1.63. The van der Waals surface area contributed by atoms with E-state index in [1.54, 1.807) is 0 Å². The third-order valence-electron chi connectivity index (χ3n) is 3.84. The highest BCUT2D eigenvalue weighted by atomic mass is 79.9. The van der Waals surface area contributed by atoms with Crippen molar-refractivity contribution in [1.82, 2.24) is 4.57 Å². The van der Waals surface area contributed by atoms with Gasteiger partial charge in [0.1, 0.15) is 12.4 Å². The van der Waals surface area contributed by atoms with E-state index in [2.05, 4.69) is 41.8 Å². The highest BCUT2D eigenvalue weighted by Gasteiger charge is 1.99. The Bertz CT molecular complexity index is 310. The maximum Gasteiger partial charge on any atom is 0.243 e. The van der Waals surface area contributed by atoms with Gasteiger partial charge in [0.2, 0.25) is 6.33 Å². The first-order chi connectivity index (χ1) is 9.33. The molecule has 20 heavy (non-hydrogen) atoms. The second-order valence-electron chi connectivity index (χ2n) is 5.85. The fraction of sp³-hybridized carbons (Fsp3) is 0.824. The Morgan fingerprint density at radius 3 is 1.75 bits per heavy atom. The number of halogens is 1. The standard InChI is InChI=1S/C17H33N2.BrH/c1-3-4-5-6-7-8-9-10-11-12-13-14-19-16-15-18(2)17-19;/h15-17H,3-14H2,1-2H3;1H/q+1;/p-1. The monoisotopic (exact) mass is 344 g/mol. The quantitative estimate of drug-likeness (QED) is 0.402. The van der Waals surface area contributed by atoms with Gasteiger partial charge < -0.3 is 17.0 Å². The molecule has 118 valence electrons. The van der Waals surface area contributed by atoms with Crippen LogP contribution in [-0.4, -0.2) is 4.57 Å². The van der Waals surface area contributed by atoms with Gasteiger partial charge >= 0.3 is 0 Å². The number of aryl methyl sites for hydroxylation is 2. The van der Waals surface area contributed by atoms with Crippen molar-refractivity contribution in [3.63, 3.8) is 0 Å². The smallest absolute Gasteiger partial charge is 0.243 e. The Morgan fingerprint density at radius 2 is 1.30 bits per heavy atom. The molecule has 2 nitrogen and oxygen atoms in total. The second-order valence-corrected chi connectivity index (χ2v) is 5.85. The first-order valence-corrected chi connectivity index (χ1v) is 8.34. The maximum atomic E-state index is 2.29. The Hall–Kier alpha value is -0.310. The normalized spacial score (nSPS) is 10.5. The van der Waals surface area contributed by atoms with Crippen LogP contribution in [0.5, 0.6) is 0 Å². The second kappa shape index (κ2) is 13.7. The van der Waals surface area contributed by atoms with Crippen LogP contribution in [0.2, 0.25) is 0 Å². The van der Waals surface area contributed by atoms with Crippen molar-refractivity contribution >= 4 is 0 Å². The van der Waals surface area contributed by atoms with Gasteiger partial charge in [0.05, 0.1) is 13.6 Å². The van der Waals surface area contributed by atoms with Crippen LogP contribution in [0.1, 0.15) is 77.6 Å². The third kappa shape index (κ3) is 10.5. The van der Waals surface area contributed by atoms with Gasteiger partial charge in [0.25, 0.3) is 0 Å².